The summed E-state index contributed by atoms with van der Waals surface area (Å²) in [6.45, 7) is 4.85. The molecule has 130 valence electrons. The van der Waals surface area contributed by atoms with Crippen LogP contribution < -0.4 is 10.6 Å². The zero-order valence-corrected chi connectivity index (χ0v) is 14.6. The van der Waals surface area contributed by atoms with E-state index in [1.807, 2.05) is 31.2 Å². The van der Waals surface area contributed by atoms with Gasteiger partial charge in [0.2, 0.25) is 11.8 Å². The zero-order chi connectivity index (χ0) is 18.4. The van der Waals surface area contributed by atoms with Crippen LogP contribution in [0, 0.1) is 6.92 Å². The van der Waals surface area contributed by atoms with Gasteiger partial charge in [-0.05, 0) is 31.5 Å². The molecule has 1 atom stereocenters. The second kappa shape index (κ2) is 8.24. The number of hydrogen-bond donors (Lipinski definition) is 2. The SMILES string of the molecule is CC(=O)NC(CC(=O)Nc1ccccc1C(C)=O)c1ccc(C)cc1. The number of para-hydroxylation sites is 1. The van der Waals surface area contributed by atoms with Crippen molar-refractivity contribution < 1.29 is 14.4 Å². The lowest BCUT2D eigenvalue weighted by molar-refractivity contribution is -0.120. The summed E-state index contributed by atoms with van der Waals surface area (Å²) < 4.78 is 0. The van der Waals surface area contributed by atoms with E-state index in [-0.39, 0.29) is 24.0 Å². The Hall–Kier alpha value is -2.95. The van der Waals surface area contributed by atoms with E-state index in [4.69, 9.17) is 0 Å². The smallest absolute Gasteiger partial charge is 0.226 e. The van der Waals surface area contributed by atoms with Gasteiger partial charge in [-0.1, -0.05) is 42.0 Å². The van der Waals surface area contributed by atoms with Gasteiger partial charge in [-0.15, -0.1) is 0 Å². The Morgan fingerprint density at radius 3 is 2.20 bits per heavy atom. The summed E-state index contributed by atoms with van der Waals surface area (Å²) in [5.41, 5.74) is 2.90. The molecule has 0 aliphatic carbocycles. The van der Waals surface area contributed by atoms with E-state index in [0.29, 0.717) is 11.3 Å². The molecule has 2 aromatic rings. The molecule has 2 N–H and O–H groups in total. The first-order chi connectivity index (χ1) is 11.9. The number of nitrogens with one attached hydrogen (secondary N) is 2. The van der Waals surface area contributed by atoms with Crippen molar-refractivity contribution in [2.75, 3.05) is 5.32 Å². The van der Waals surface area contributed by atoms with Gasteiger partial charge in [0.1, 0.15) is 0 Å². The molecule has 2 rings (SSSR count). The lowest BCUT2D eigenvalue weighted by Gasteiger charge is -2.19. The first-order valence-corrected chi connectivity index (χ1v) is 8.10. The summed E-state index contributed by atoms with van der Waals surface area (Å²) in [7, 11) is 0. The predicted molar refractivity (Wildman–Crippen MR) is 97.4 cm³/mol. The van der Waals surface area contributed by atoms with Gasteiger partial charge >= 0.3 is 0 Å². The molecule has 0 spiro atoms. The van der Waals surface area contributed by atoms with E-state index in [1.165, 1.54) is 13.8 Å². The number of anilines is 1. The number of benzene rings is 2. The molecule has 0 fully saturated rings. The van der Waals surface area contributed by atoms with Crippen molar-refractivity contribution in [3.63, 3.8) is 0 Å². The van der Waals surface area contributed by atoms with Crippen molar-refractivity contribution in [1.29, 1.82) is 0 Å². The fourth-order valence-electron chi connectivity index (χ4n) is 2.58. The van der Waals surface area contributed by atoms with Crippen molar-refractivity contribution in [2.45, 2.75) is 33.2 Å². The molecule has 0 radical (unpaired) electrons. The van der Waals surface area contributed by atoms with E-state index in [1.54, 1.807) is 24.3 Å². The average Bonchev–Trinajstić information content (AvgIpc) is 2.54. The van der Waals surface area contributed by atoms with Crippen molar-refractivity contribution in [2.24, 2.45) is 0 Å². The number of carbonyl (C=O) groups is 3. The Morgan fingerprint density at radius 1 is 0.960 bits per heavy atom. The van der Waals surface area contributed by atoms with Crippen molar-refractivity contribution in [3.05, 3.63) is 65.2 Å². The highest BCUT2D eigenvalue weighted by atomic mass is 16.2. The van der Waals surface area contributed by atoms with Gasteiger partial charge in [-0.25, -0.2) is 0 Å². The molecule has 25 heavy (non-hydrogen) atoms. The van der Waals surface area contributed by atoms with Crippen LogP contribution in [0.2, 0.25) is 0 Å². The Balaban J connectivity index is 2.16. The van der Waals surface area contributed by atoms with Gasteiger partial charge in [-0.2, -0.15) is 0 Å². The second-order valence-corrected chi connectivity index (χ2v) is 6.02. The fourth-order valence-corrected chi connectivity index (χ4v) is 2.58. The third kappa shape index (κ3) is 5.28. The highest BCUT2D eigenvalue weighted by Gasteiger charge is 2.18. The lowest BCUT2D eigenvalue weighted by Crippen LogP contribution is -2.30. The van der Waals surface area contributed by atoms with Crippen molar-refractivity contribution in [1.82, 2.24) is 5.32 Å². The van der Waals surface area contributed by atoms with Crippen LogP contribution in [0.1, 0.15) is 47.8 Å². The van der Waals surface area contributed by atoms with Gasteiger partial charge in [0, 0.05) is 12.5 Å². The Labute approximate surface area is 147 Å². The number of hydrogen-bond acceptors (Lipinski definition) is 3. The van der Waals surface area contributed by atoms with Gasteiger partial charge in [0.25, 0.3) is 0 Å². The zero-order valence-electron chi connectivity index (χ0n) is 14.6. The number of rotatable bonds is 6. The van der Waals surface area contributed by atoms with Crippen LogP contribution in [-0.2, 0) is 9.59 Å². The molecule has 0 aliphatic rings. The van der Waals surface area contributed by atoms with Crippen molar-refractivity contribution >= 4 is 23.3 Å². The number of carbonyl (C=O) groups excluding carboxylic acids is 3. The minimum atomic E-state index is -0.428. The number of ketones is 1. The highest BCUT2D eigenvalue weighted by Crippen LogP contribution is 2.20. The van der Waals surface area contributed by atoms with E-state index in [9.17, 15) is 14.4 Å². The summed E-state index contributed by atoms with van der Waals surface area (Å²) in [5.74, 6) is -0.594. The van der Waals surface area contributed by atoms with E-state index < -0.39 is 6.04 Å². The van der Waals surface area contributed by atoms with Crippen molar-refractivity contribution in [3.8, 4) is 0 Å². The minimum Gasteiger partial charge on any atom is -0.349 e. The molecule has 1 unspecified atom stereocenters. The molecule has 5 nitrogen and oxygen atoms in total. The fraction of sp³-hybridized carbons (Fsp3) is 0.250. The summed E-state index contributed by atoms with van der Waals surface area (Å²) in [6, 6.07) is 14.1. The molecule has 2 amide bonds. The normalized spacial score (nSPS) is 11.5. The Bertz CT molecular complexity index is 782. The predicted octanol–water partition coefficient (Wildman–Crippen LogP) is 3.40. The third-order valence-electron chi connectivity index (χ3n) is 3.83. The standard InChI is InChI=1S/C20H22N2O3/c1-13-8-10-16(11-9-13)19(21-15(3)24)12-20(25)22-18-7-5-4-6-17(18)14(2)23/h4-11,19H,12H2,1-3H3,(H,21,24)(H,22,25). The van der Waals surface area contributed by atoms with Gasteiger partial charge in [0.15, 0.2) is 5.78 Å². The maximum absolute atomic E-state index is 12.4. The molecular weight excluding hydrogens is 316 g/mol. The van der Waals surface area contributed by atoms with Crippen LogP contribution in [0.15, 0.2) is 48.5 Å². The van der Waals surface area contributed by atoms with Crippen LogP contribution in [0.4, 0.5) is 5.69 Å². The summed E-state index contributed by atoms with van der Waals surface area (Å²) in [6.07, 6.45) is 0.0783. The lowest BCUT2D eigenvalue weighted by atomic mass is 10.0. The topological polar surface area (TPSA) is 75.3 Å². The van der Waals surface area contributed by atoms with Gasteiger partial charge in [0.05, 0.1) is 18.2 Å². The van der Waals surface area contributed by atoms with Crippen LogP contribution >= 0.6 is 0 Å². The average molecular weight is 338 g/mol. The number of amides is 2. The largest absolute Gasteiger partial charge is 0.349 e. The molecule has 5 heteroatoms. The molecule has 0 bridgehead atoms. The van der Waals surface area contributed by atoms with E-state index in [0.717, 1.165) is 11.1 Å². The van der Waals surface area contributed by atoms with Crippen LogP contribution in [0.25, 0.3) is 0 Å². The molecule has 0 aromatic heterocycles. The molecular formula is C20H22N2O3. The number of Topliss-reactive ketones (excluding diaryl/α,β-unsaturated/α-hetero) is 1. The van der Waals surface area contributed by atoms with Crippen LogP contribution in [0.3, 0.4) is 0 Å². The van der Waals surface area contributed by atoms with Gasteiger partial charge in [-0.3, -0.25) is 14.4 Å². The third-order valence-corrected chi connectivity index (χ3v) is 3.83. The van der Waals surface area contributed by atoms with Crippen LogP contribution in [0.5, 0.6) is 0 Å². The molecule has 0 saturated carbocycles. The highest BCUT2D eigenvalue weighted by molar-refractivity contribution is 6.03. The monoisotopic (exact) mass is 338 g/mol. The van der Waals surface area contributed by atoms with E-state index >= 15 is 0 Å². The van der Waals surface area contributed by atoms with Crippen LogP contribution in [-0.4, -0.2) is 17.6 Å². The first-order valence-electron chi connectivity index (χ1n) is 8.10. The minimum absolute atomic E-state index is 0.0783. The van der Waals surface area contributed by atoms with Gasteiger partial charge < -0.3 is 10.6 Å². The Morgan fingerprint density at radius 2 is 1.60 bits per heavy atom. The summed E-state index contributed by atoms with van der Waals surface area (Å²) in [5, 5.41) is 5.57. The Kier molecular flexibility index (Phi) is 6.06. The first kappa shape index (κ1) is 18.4. The molecule has 0 aliphatic heterocycles. The molecule has 2 aromatic carbocycles. The second-order valence-electron chi connectivity index (χ2n) is 6.02. The number of aryl methyl sites for hydroxylation is 1. The van der Waals surface area contributed by atoms with E-state index in [2.05, 4.69) is 10.6 Å². The molecule has 0 saturated heterocycles. The summed E-state index contributed by atoms with van der Waals surface area (Å²) in [4.78, 5) is 35.6. The maximum atomic E-state index is 12.4. The summed E-state index contributed by atoms with van der Waals surface area (Å²) >= 11 is 0. The maximum Gasteiger partial charge on any atom is 0.226 e. The molecule has 0 heterocycles. The quantitative estimate of drug-likeness (QED) is 0.793.